The van der Waals surface area contributed by atoms with Crippen molar-refractivity contribution in [3.8, 4) is 5.75 Å². The summed E-state index contributed by atoms with van der Waals surface area (Å²) in [6, 6.07) is 6.36. The summed E-state index contributed by atoms with van der Waals surface area (Å²) in [5.74, 6) is 1.92. The number of nitrogens with zero attached hydrogens (tertiary/aromatic N) is 2. The Balaban J connectivity index is 2.18. The Morgan fingerprint density at radius 3 is 2.85 bits per heavy atom. The predicted molar refractivity (Wildman–Crippen MR) is 82.2 cm³/mol. The van der Waals surface area contributed by atoms with Crippen molar-refractivity contribution in [3.05, 3.63) is 42.0 Å². The summed E-state index contributed by atoms with van der Waals surface area (Å²) in [6.45, 7) is 7.02. The molecule has 1 unspecified atom stereocenters. The van der Waals surface area contributed by atoms with Crippen molar-refractivity contribution in [1.29, 1.82) is 0 Å². The van der Waals surface area contributed by atoms with Crippen molar-refractivity contribution in [2.24, 2.45) is 7.05 Å². The lowest BCUT2D eigenvalue weighted by molar-refractivity contribution is 0.318. The van der Waals surface area contributed by atoms with E-state index in [1.165, 1.54) is 5.56 Å². The van der Waals surface area contributed by atoms with Crippen LogP contribution >= 0.6 is 0 Å². The van der Waals surface area contributed by atoms with Gasteiger partial charge in [-0.05, 0) is 38.0 Å². The topological polar surface area (TPSA) is 39.1 Å². The zero-order chi connectivity index (χ0) is 14.5. The molecule has 0 saturated carbocycles. The lowest BCUT2D eigenvalue weighted by Gasteiger charge is -2.18. The van der Waals surface area contributed by atoms with Crippen molar-refractivity contribution in [2.45, 2.75) is 33.2 Å². The first-order valence-electron chi connectivity index (χ1n) is 7.09. The number of hydrogen-bond acceptors (Lipinski definition) is 3. The third-order valence-electron chi connectivity index (χ3n) is 3.22. The average molecular weight is 273 g/mol. The van der Waals surface area contributed by atoms with Crippen LogP contribution in [0.25, 0.3) is 0 Å². The highest BCUT2D eigenvalue weighted by molar-refractivity contribution is 5.58. The Morgan fingerprint density at radius 1 is 1.40 bits per heavy atom. The van der Waals surface area contributed by atoms with Crippen LogP contribution in [0, 0.1) is 6.92 Å². The number of aryl methyl sites for hydroxylation is 2. The van der Waals surface area contributed by atoms with Gasteiger partial charge >= 0.3 is 0 Å². The van der Waals surface area contributed by atoms with Crippen molar-refractivity contribution in [1.82, 2.24) is 9.55 Å². The Kier molecular flexibility index (Phi) is 4.66. The molecule has 1 atom stereocenters. The zero-order valence-electron chi connectivity index (χ0n) is 12.7. The smallest absolute Gasteiger partial charge is 0.142 e. The second-order valence-electron chi connectivity index (χ2n) is 5.11. The number of benzene rings is 1. The summed E-state index contributed by atoms with van der Waals surface area (Å²) in [6.07, 6.45) is 4.77. The monoisotopic (exact) mass is 273 g/mol. The van der Waals surface area contributed by atoms with E-state index < -0.39 is 0 Å². The fourth-order valence-corrected chi connectivity index (χ4v) is 2.17. The molecule has 0 aliphatic rings. The fourth-order valence-electron chi connectivity index (χ4n) is 2.17. The number of aromatic nitrogens is 2. The quantitative estimate of drug-likeness (QED) is 0.872. The normalized spacial score (nSPS) is 12.2. The molecule has 1 heterocycles. The number of rotatable bonds is 6. The zero-order valence-corrected chi connectivity index (χ0v) is 12.7. The summed E-state index contributed by atoms with van der Waals surface area (Å²) < 4.78 is 7.85. The van der Waals surface area contributed by atoms with Gasteiger partial charge in [0.25, 0.3) is 0 Å². The van der Waals surface area contributed by atoms with Gasteiger partial charge in [0, 0.05) is 19.4 Å². The van der Waals surface area contributed by atoms with Crippen LogP contribution in [0.4, 0.5) is 5.69 Å². The Bertz CT molecular complexity index is 563. The van der Waals surface area contributed by atoms with Crippen LogP contribution in [-0.2, 0) is 7.05 Å². The van der Waals surface area contributed by atoms with Crippen molar-refractivity contribution >= 4 is 5.69 Å². The molecule has 2 aromatic rings. The van der Waals surface area contributed by atoms with Gasteiger partial charge in [0.15, 0.2) is 0 Å². The second kappa shape index (κ2) is 6.46. The highest BCUT2D eigenvalue weighted by Crippen LogP contribution is 2.29. The van der Waals surface area contributed by atoms with E-state index in [0.717, 1.165) is 30.3 Å². The molecular weight excluding hydrogens is 250 g/mol. The summed E-state index contributed by atoms with van der Waals surface area (Å²) >= 11 is 0. The molecule has 0 amide bonds. The minimum Gasteiger partial charge on any atom is -0.491 e. The number of ether oxygens (including phenoxy) is 1. The maximum absolute atomic E-state index is 5.83. The summed E-state index contributed by atoms with van der Waals surface area (Å²) in [5, 5.41) is 3.48. The number of anilines is 1. The molecule has 4 heteroatoms. The SMILES string of the molecule is CCCOc1cc(C)ccc1NC(C)c1nccn1C. The van der Waals surface area contributed by atoms with Crippen LogP contribution in [0.1, 0.15) is 37.7 Å². The summed E-state index contributed by atoms with van der Waals surface area (Å²) in [4.78, 5) is 4.38. The lowest BCUT2D eigenvalue weighted by atomic mass is 10.2. The van der Waals surface area contributed by atoms with E-state index in [2.05, 4.69) is 49.3 Å². The number of nitrogens with one attached hydrogen (secondary N) is 1. The van der Waals surface area contributed by atoms with Gasteiger partial charge in [-0.1, -0.05) is 13.0 Å². The van der Waals surface area contributed by atoms with Crippen LogP contribution in [-0.4, -0.2) is 16.2 Å². The maximum Gasteiger partial charge on any atom is 0.142 e. The van der Waals surface area contributed by atoms with Gasteiger partial charge < -0.3 is 14.6 Å². The van der Waals surface area contributed by atoms with Crippen molar-refractivity contribution in [3.63, 3.8) is 0 Å². The van der Waals surface area contributed by atoms with Crippen LogP contribution in [0.3, 0.4) is 0 Å². The largest absolute Gasteiger partial charge is 0.491 e. The van der Waals surface area contributed by atoms with Crippen LogP contribution in [0.5, 0.6) is 5.75 Å². The molecule has 0 fully saturated rings. The van der Waals surface area contributed by atoms with E-state index in [-0.39, 0.29) is 6.04 Å². The maximum atomic E-state index is 5.83. The van der Waals surface area contributed by atoms with Gasteiger partial charge in [-0.25, -0.2) is 4.98 Å². The molecule has 1 aromatic carbocycles. The Morgan fingerprint density at radius 2 is 2.20 bits per heavy atom. The molecule has 1 aromatic heterocycles. The number of imidazole rings is 1. The van der Waals surface area contributed by atoms with E-state index in [0.29, 0.717) is 0 Å². The van der Waals surface area contributed by atoms with Gasteiger partial charge in [0.1, 0.15) is 11.6 Å². The minimum absolute atomic E-state index is 0.127. The van der Waals surface area contributed by atoms with Crippen LogP contribution < -0.4 is 10.1 Å². The highest BCUT2D eigenvalue weighted by Gasteiger charge is 2.12. The standard InChI is InChI=1S/C16H23N3O/c1-5-10-20-15-11-12(2)6-7-14(15)18-13(3)16-17-8-9-19(16)4/h6-9,11,13,18H,5,10H2,1-4H3. The summed E-state index contributed by atoms with van der Waals surface area (Å²) in [5.41, 5.74) is 2.21. The molecule has 4 nitrogen and oxygen atoms in total. The Hall–Kier alpha value is -1.97. The average Bonchev–Trinajstić information content (AvgIpc) is 2.85. The second-order valence-corrected chi connectivity index (χ2v) is 5.11. The van der Waals surface area contributed by atoms with Gasteiger partial charge in [0.05, 0.1) is 18.3 Å². The first-order chi connectivity index (χ1) is 9.61. The predicted octanol–water partition coefficient (Wildman–Crippen LogP) is 3.69. The van der Waals surface area contributed by atoms with Crippen molar-refractivity contribution in [2.75, 3.05) is 11.9 Å². The molecule has 0 radical (unpaired) electrons. The fraction of sp³-hybridized carbons (Fsp3) is 0.438. The molecule has 2 rings (SSSR count). The first-order valence-corrected chi connectivity index (χ1v) is 7.09. The van der Waals surface area contributed by atoms with E-state index in [1.54, 1.807) is 0 Å². The Labute approximate surface area is 120 Å². The molecule has 108 valence electrons. The lowest BCUT2D eigenvalue weighted by Crippen LogP contribution is -2.13. The number of hydrogen-bond donors (Lipinski definition) is 1. The van der Waals surface area contributed by atoms with Crippen molar-refractivity contribution < 1.29 is 4.74 Å². The molecular formula is C16H23N3O. The van der Waals surface area contributed by atoms with E-state index in [9.17, 15) is 0 Å². The molecule has 0 bridgehead atoms. The molecule has 1 N–H and O–H groups in total. The van der Waals surface area contributed by atoms with E-state index in [4.69, 9.17) is 4.74 Å². The van der Waals surface area contributed by atoms with Gasteiger partial charge in [-0.3, -0.25) is 0 Å². The minimum atomic E-state index is 0.127. The van der Waals surface area contributed by atoms with Gasteiger partial charge in [-0.2, -0.15) is 0 Å². The molecule has 20 heavy (non-hydrogen) atoms. The first kappa shape index (κ1) is 14.4. The molecule has 0 aliphatic carbocycles. The summed E-state index contributed by atoms with van der Waals surface area (Å²) in [7, 11) is 2.00. The molecule has 0 spiro atoms. The van der Waals surface area contributed by atoms with Gasteiger partial charge in [-0.15, -0.1) is 0 Å². The third-order valence-corrected chi connectivity index (χ3v) is 3.22. The third kappa shape index (κ3) is 3.32. The van der Waals surface area contributed by atoms with Crippen LogP contribution in [0.2, 0.25) is 0 Å². The molecule has 0 aliphatic heterocycles. The van der Waals surface area contributed by atoms with E-state index >= 15 is 0 Å². The van der Waals surface area contributed by atoms with Crippen LogP contribution in [0.15, 0.2) is 30.6 Å². The molecule has 0 saturated heterocycles. The van der Waals surface area contributed by atoms with E-state index in [1.807, 2.05) is 24.0 Å². The van der Waals surface area contributed by atoms with Gasteiger partial charge in [0.2, 0.25) is 0 Å². The highest BCUT2D eigenvalue weighted by atomic mass is 16.5.